The van der Waals surface area contributed by atoms with Gasteiger partial charge in [-0.1, -0.05) is 11.6 Å². The van der Waals surface area contributed by atoms with E-state index < -0.39 is 0 Å². The average molecular weight is 279 g/mol. The minimum atomic E-state index is 0.682. The molecule has 2 fully saturated rings. The molecule has 19 heavy (non-hydrogen) atoms. The van der Waals surface area contributed by atoms with E-state index in [9.17, 15) is 0 Å². The molecule has 4 nitrogen and oxygen atoms in total. The first-order valence-corrected chi connectivity index (χ1v) is 7.53. The first-order chi connectivity index (χ1) is 9.28. The van der Waals surface area contributed by atoms with Gasteiger partial charge in [-0.2, -0.15) is 0 Å². The van der Waals surface area contributed by atoms with Crippen molar-refractivity contribution in [1.29, 1.82) is 0 Å². The molecule has 2 N–H and O–H groups in total. The fourth-order valence-corrected chi connectivity index (χ4v) is 3.47. The monoisotopic (exact) mass is 278 g/mol. The van der Waals surface area contributed by atoms with Gasteiger partial charge in [0.05, 0.1) is 11.6 Å². The van der Waals surface area contributed by atoms with E-state index in [1.165, 1.54) is 31.4 Å². The highest BCUT2D eigenvalue weighted by Gasteiger charge is 2.45. The largest absolute Gasteiger partial charge is 0.343 e. The van der Waals surface area contributed by atoms with Crippen LogP contribution in [0.2, 0.25) is 0 Å². The quantitative estimate of drug-likeness (QED) is 0.831. The molecule has 0 bridgehead atoms. The highest BCUT2D eigenvalue weighted by atomic mass is 35.5. The van der Waals surface area contributed by atoms with Crippen molar-refractivity contribution >= 4 is 17.4 Å². The second kappa shape index (κ2) is 4.25. The molecule has 0 radical (unpaired) electrons. The molecule has 2 aliphatic heterocycles. The summed E-state index contributed by atoms with van der Waals surface area (Å²) in [5.41, 5.74) is 4.58. The minimum Gasteiger partial charge on any atom is -0.343 e. The molecule has 5 heteroatoms. The van der Waals surface area contributed by atoms with Gasteiger partial charge in [0.2, 0.25) is 0 Å². The molecule has 0 saturated heterocycles. The van der Waals surface area contributed by atoms with Crippen LogP contribution in [0, 0.1) is 17.8 Å². The molecule has 0 aromatic rings. The van der Waals surface area contributed by atoms with Crippen LogP contribution in [0.25, 0.3) is 0 Å². The van der Waals surface area contributed by atoms with Crippen LogP contribution in [0.15, 0.2) is 27.6 Å². The number of aliphatic imine (C=N–C) groups is 1. The molecule has 0 aromatic carbocycles. The van der Waals surface area contributed by atoms with E-state index in [0.29, 0.717) is 12.5 Å². The summed E-state index contributed by atoms with van der Waals surface area (Å²) in [6, 6.07) is 0. The molecule has 2 saturated carbocycles. The van der Waals surface area contributed by atoms with Crippen LogP contribution in [0.3, 0.4) is 0 Å². The Labute approximate surface area is 118 Å². The molecule has 0 atom stereocenters. The summed E-state index contributed by atoms with van der Waals surface area (Å²) >= 11 is 6.30. The lowest BCUT2D eigenvalue weighted by atomic mass is 9.92. The van der Waals surface area contributed by atoms with Crippen molar-refractivity contribution < 1.29 is 0 Å². The Morgan fingerprint density at radius 2 is 2.00 bits per heavy atom. The van der Waals surface area contributed by atoms with Gasteiger partial charge >= 0.3 is 0 Å². The zero-order valence-corrected chi connectivity index (χ0v) is 11.9. The minimum absolute atomic E-state index is 0.682. The van der Waals surface area contributed by atoms with Crippen molar-refractivity contribution in [3.63, 3.8) is 0 Å². The SMILES string of the molecule is CN=C1C=C(C(C2CC2)C2CC2)NC2=C(Cl)CNN12. The van der Waals surface area contributed by atoms with E-state index in [0.717, 1.165) is 28.5 Å². The third kappa shape index (κ3) is 1.98. The smallest absolute Gasteiger partial charge is 0.145 e. The fraction of sp³-hybridized carbons (Fsp3) is 0.643. The van der Waals surface area contributed by atoms with Gasteiger partial charge in [-0.15, -0.1) is 0 Å². The highest BCUT2D eigenvalue weighted by Crippen LogP contribution is 2.52. The standard InChI is InChI=1S/C14H19ClN4/c1-16-12-6-11(13(8-2-3-8)9-4-5-9)18-14-10(15)7-17-19(12)14/h6,8-9,13,17-18H,2-5,7H2,1H3. The van der Waals surface area contributed by atoms with Crippen LogP contribution in [0.4, 0.5) is 0 Å². The summed E-state index contributed by atoms with van der Waals surface area (Å²) in [5.74, 6) is 4.39. The maximum atomic E-state index is 6.30. The Bertz CT molecular complexity index is 488. The Hall–Kier alpha value is -1.00. The van der Waals surface area contributed by atoms with E-state index in [-0.39, 0.29) is 0 Å². The maximum absolute atomic E-state index is 6.30. The lowest BCUT2D eigenvalue weighted by Crippen LogP contribution is -2.45. The summed E-state index contributed by atoms with van der Waals surface area (Å²) in [5, 5.41) is 6.37. The number of hydrogen-bond donors (Lipinski definition) is 2. The van der Waals surface area contributed by atoms with Gasteiger partial charge in [0.1, 0.15) is 11.7 Å². The van der Waals surface area contributed by atoms with Crippen molar-refractivity contribution in [2.75, 3.05) is 13.6 Å². The van der Waals surface area contributed by atoms with Gasteiger partial charge in [-0.3, -0.25) is 4.99 Å². The van der Waals surface area contributed by atoms with Crippen molar-refractivity contribution in [1.82, 2.24) is 15.8 Å². The number of hydrazine groups is 1. The summed E-state index contributed by atoms with van der Waals surface area (Å²) < 4.78 is 0. The Morgan fingerprint density at radius 3 is 2.58 bits per heavy atom. The zero-order chi connectivity index (χ0) is 13.0. The van der Waals surface area contributed by atoms with Gasteiger partial charge < -0.3 is 5.32 Å². The second-order valence-corrected chi connectivity index (χ2v) is 6.39. The van der Waals surface area contributed by atoms with Crippen LogP contribution < -0.4 is 10.7 Å². The Kier molecular flexibility index (Phi) is 2.64. The van der Waals surface area contributed by atoms with Crippen molar-refractivity contribution in [3.8, 4) is 0 Å². The third-order valence-corrected chi connectivity index (χ3v) is 4.81. The van der Waals surface area contributed by atoms with Crippen molar-refractivity contribution in [2.45, 2.75) is 25.7 Å². The van der Waals surface area contributed by atoms with E-state index in [2.05, 4.69) is 21.8 Å². The molecular weight excluding hydrogens is 260 g/mol. The van der Waals surface area contributed by atoms with E-state index in [1.807, 2.05) is 12.1 Å². The lowest BCUT2D eigenvalue weighted by Gasteiger charge is -2.32. The highest BCUT2D eigenvalue weighted by molar-refractivity contribution is 6.30. The molecule has 2 heterocycles. The van der Waals surface area contributed by atoms with Crippen LogP contribution in [-0.4, -0.2) is 24.4 Å². The molecule has 0 aromatic heterocycles. The predicted octanol–water partition coefficient (Wildman–Crippen LogP) is 2.17. The molecule has 0 unspecified atom stereocenters. The first kappa shape index (κ1) is 11.8. The third-order valence-electron chi connectivity index (χ3n) is 4.50. The molecule has 4 aliphatic rings. The van der Waals surface area contributed by atoms with Gasteiger partial charge in [0, 0.05) is 24.7 Å². The average Bonchev–Trinajstić information content (AvgIpc) is 3.32. The van der Waals surface area contributed by atoms with Crippen LogP contribution in [0.5, 0.6) is 0 Å². The molecule has 0 spiro atoms. The normalized spacial score (nSPS) is 28.9. The van der Waals surface area contributed by atoms with Gasteiger partial charge in [-0.05, 0) is 37.5 Å². The van der Waals surface area contributed by atoms with E-state index in [4.69, 9.17) is 11.6 Å². The fourth-order valence-electron chi connectivity index (χ4n) is 3.28. The van der Waals surface area contributed by atoms with Gasteiger partial charge in [-0.25, -0.2) is 10.4 Å². The Morgan fingerprint density at radius 1 is 1.32 bits per heavy atom. The van der Waals surface area contributed by atoms with Crippen LogP contribution in [-0.2, 0) is 0 Å². The van der Waals surface area contributed by atoms with Gasteiger partial charge in [0.25, 0.3) is 0 Å². The van der Waals surface area contributed by atoms with E-state index >= 15 is 0 Å². The molecule has 4 rings (SSSR count). The Balaban J connectivity index is 1.69. The van der Waals surface area contributed by atoms with Crippen molar-refractivity contribution in [3.05, 3.63) is 22.6 Å². The predicted molar refractivity (Wildman–Crippen MR) is 76.2 cm³/mol. The lowest BCUT2D eigenvalue weighted by molar-refractivity contribution is 0.377. The van der Waals surface area contributed by atoms with Crippen LogP contribution in [0.1, 0.15) is 25.7 Å². The van der Waals surface area contributed by atoms with Crippen molar-refractivity contribution in [2.24, 2.45) is 22.7 Å². The summed E-state index contributed by atoms with van der Waals surface area (Å²) in [6.07, 6.45) is 7.73. The summed E-state index contributed by atoms with van der Waals surface area (Å²) in [4.78, 5) is 4.39. The summed E-state index contributed by atoms with van der Waals surface area (Å²) in [7, 11) is 1.84. The maximum Gasteiger partial charge on any atom is 0.145 e. The number of rotatable bonds is 3. The molecule has 0 amide bonds. The topological polar surface area (TPSA) is 39.7 Å². The summed E-state index contributed by atoms with van der Waals surface area (Å²) in [6.45, 7) is 0.682. The first-order valence-electron chi connectivity index (χ1n) is 7.15. The number of nitrogens with zero attached hydrogens (tertiary/aromatic N) is 2. The second-order valence-electron chi connectivity index (χ2n) is 5.93. The number of allylic oxidation sites excluding steroid dienone is 1. The zero-order valence-electron chi connectivity index (χ0n) is 11.1. The van der Waals surface area contributed by atoms with Gasteiger partial charge in [0.15, 0.2) is 0 Å². The van der Waals surface area contributed by atoms with Crippen LogP contribution >= 0.6 is 11.6 Å². The number of fused-ring (bicyclic) bond motifs is 1. The molecule has 2 aliphatic carbocycles. The molecule has 102 valence electrons. The number of amidine groups is 1. The number of nitrogens with one attached hydrogen (secondary N) is 2. The number of hydrogen-bond acceptors (Lipinski definition) is 3. The molecular formula is C14H19ClN4. The number of halogens is 1. The van der Waals surface area contributed by atoms with E-state index in [1.54, 1.807) is 0 Å².